The summed E-state index contributed by atoms with van der Waals surface area (Å²) in [7, 11) is 0. The van der Waals surface area contributed by atoms with Crippen LogP contribution < -0.4 is 5.73 Å². The Morgan fingerprint density at radius 1 is 1.00 bits per heavy atom. The fraction of sp³-hybridized carbons (Fsp3) is 0.941. The molecule has 2 fully saturated rings. The van der Waals surface area contributed by atoms with Crippen LogP contribution >= 0.6 is 12.4 Å². The van der Waals surface area contributed by atoms with Crippen LogP contribution in [0.15, 0.2) is 0 Å². The lowest BCUT2D eigenvalue weighted by atomic mass is 9.89. The van der Waals surface area contributed by atoms with E-state index in [4.69, 9.17) is 10.5 Å². The summed E-state index contributed by atoms with van der Waals surface area (Å²) in [5.41, 5.74) is 5.48. The number of hydrogen-bond donors (Lipinski definition) is 1. The Labute approximate surface area is 141 Å². The Hall–Kier alpha value is -0.320. The summed E-state index contributed by atoms with van der Waals surface area (Å²) >= 11 is 0. The van der Waals surface area contributed by atoms with Crippen molar-refractivity contribution in [3.63, 3.8) is 0 Å². The van der Waals surface area contributed by atoms with Gasteiger partial charge in [-0.1, -0.05) is 32.1 Å². The Morgan fingerprint density at radius 3 is 2.18 bits per heavy atom. The first kappa shape index (κ1) is 19.7. The number of amides is 1. The summed E-state index contributed by atoms with van der Waals surface area (Å²) in [6.45, 7) is 3.21. The van der Waals surface area contributed by atoms with Crippen molar-refractivity contribution in [1.29, 1.82) is 0 Å². The van der Waals surface area contributed by atoms with Crippen molar-refractivity contribution in [3.8, 4) is 0 Å². The van der Waals surface area contributed by atoms with Gasteiger partial charge < -0.3 is 15.4 Å². The minimum Gasteiger partial charge on any atom is -0.378 e. The van der Waals surface area contributed by atoms with E-state index in [1.807, 2.05) is 0 Å². The molecule has 0 aromatic rings. The zero-order chi connectivity index (χ0) is 14.9. The number of likely N-dealkylation sites (tertiary alicyclic amines) is 1. The summed E-state index contributed by atoms with van der Waals surface area (Å²) < 4.78 is 5.82. The summed E-state index contributed by atoms with van der Waals surface area (Å²) in [4.78, 5) is 14.7. The van der Waals surface area contributed by atoms with Crippen molar-refractivity contribution in [2.75, 3.05) is 26.2 Å². The number of piperidine rings is 1. The van der Waals surface area contributed by atoms with Gasteiger partial charge in [0.25, 0.3) is 0 Å². The molecular formula is C17H33ClN2O2. The van der Waals surface area contributed by atoms with Gasteiger partial charge in [0, 0.05) is 25.6 Å². The van der Waals surface area contributed by atoms with E-state index in [2.05, 4.69) is 4.90 Å². The molecule has 0 unspecified atom stereocenters. The van der Waals surface area contributed by atoms with E-state index in [0.29, 0.717) is 24.5 Å². The van der Waals surface area contributed by atoms with Gasteiger partial charge >= 0.3 is 0 Å². The third-order valence-electron chi connectivity index (χ3n) is 4.91. The van der Waals surface area contributed by atoms with Crippen molar-refractivity contribution >= 4 is 18.3 Å². The molecule has 1 heterocycles. The fourth-order valence-corrected chi connectivity index (χ4v) is 3.54. The lowest BCUT2D eigenvalue weighted by Crippen LogP contribution is -2.43. The van der Waals surface area contributed by atoms with Crippen molar-refractivity contribution in [3.05, 3.63) is 0 Å². The van der Waals surface area contributed by atoms with Crippen molar-refractivity contribution in [1.82, 2.24) is 4.90 Å². The number of nitrogens with zero attached hydrogens (tertiary/aromatic N) is 1. The van der Waals surface area contributed by atoms with E-state index in [9.17, 15) is 4.79 Å². The van der Waals surface area contributed by atoms with Crippen LogP contribution in [0.3, 0.4) is 0 Å². The smallest absolute Gasteiger partial charge is 0.225 e. The first-order valence-corrected chi connectivity index (χ1v) is 8.91. The van der Waals surface area contributed by atoms with E-state index in [1.165, 1.54) is 32.1 Å². The minimum atomic E-state index is 0. The summed E-state index contributed by atoms with van der Waals surface area (Å²) in [6, 6.07) is 0. The fourth-order valence-electron chi connectivity index (χ4n) is 3.54. The molecule has 1 amide bonds. The largest absolute Gasteiger partial charge is 0.378 e. The first-order chi connectivity index (χ1) is 10.3. The normalized spacial score (nSPS) is 21.8. The number of nitrogens with two attached hydrogens (primary N) is 1. The highest BCUT2D eigenvalue weighted by Crippen LogP contribution is 2.25. The maximum Gasteiger partial charge on any atom is 0.225 e. The maximum absolute atomic E-state index is 12.7. The average molecular weight is 333 g/mol. The summed E-state index contributed by atoms with van der Waals surface area (Å²) in [5.74, 6) is 0.706. The second-order valence-electron chi connectivity index (χ2n) is 6.58. The highest BCUT2D eigenvalue weighted by molar-refractivity contribution is 5.85. The highest BCUT2D eigenvalue weighted by Gasteiger charge is 2.28. The monoisotopic (exact) mass is 332 g/mol. The molecule has 1 aliphatic carbocycles. The van der Waals surface area contributed by atoms with Crippen LogP contribution in [-0.4, -0.2) is 43.2 Å². The van der Waals surface area contributed by atoms with Crippen LogP contribution in [0.1, 0.15) is 64.2 Å². The molecular weight excluding hydrogens is 300 g/mol. The molecule has 22 heavy (non-hydrogen) atoms. The Balaban J connectivity index is 0.00000242. The molecule has 1 aliphatic heterocycles. The van der Waals surface area contributed by atoms with Crippen LogP contribution in [0.4, 0.5) is 0 Å². The minimum absolute atomic E-state index is 0. The lowest BCUT2D eigenvalue weighted by molar-refractivity contribution is -0.138. The van der Waals surface area contributed by atoms with Gasteiger partial charge in [0.15, 0.2) is 0 Å². The topological polar surface area (TPSA) is 55.6 Å². The van der Waals surface area contributed by atoms with E-state index in [1.54, 1.807) is 0 Å². The van der Waals surface area contributed by atoms with Gasteiger partial charge in [0.1, 0.15) is 0 Å². The molecule has 2 rings (SSSR count). The number of ether oxygens (including phenoxy) is 1. The van der Waals surface area contributed by atoms with Crippen LogP contribution in [0.5, 0.6) is 0 Å². The van der Waals surface area contributed by atoms with Crippen LogP contribution in [0.2, 0.25) is 0 Å². The summed E-state index contributed by atoms with van der Waals surface area (Å²) in [5, 5.41) is 0. The Morgan fingerprint density at radius 2 is 1.59 bits per heavy atom. The van der Waals surface area contributed by atoms with Gasteiger partial charge in [-0.05, 0) is 38.6 Å². The van der Waals surface area contributed by atoms with Crippen LogP contribution in [0, 0.1) is 5.92 Å². The van der Waals surface area contributed by atoms with Gasteiger partial charge in [0.2, 0.25) is 5.91 Å². The van der Waals surface area contributed by atoms with Gasteiger partial charge in [0.05, 0.1) is 6.10 Å². The zero-order valence-corrected chi connectivity index (χ0v) is 14.6. The lowest BCUT2D eigenvalue weighted by Gasteiger charge is -2.34. The predicted octanol–water partition coefficient (Wildman–Crippen LogP) is 3.13. The zero-order valence-electron chi connectivity index (χ0n) is 13.8. The molecule has 0 spiro atoms. The van der Waals surface area contributed by atoms with E-state index in [-0.39, 0.29) is 12.4 Å². The van der Waals surface area contributed by atoms with E-state index in [0.717, 1.165) is 51.8 Å². The van der Waals surface area contributed by atoms with Gasteiger partial charge in [-0.3, -0.25) is 4.79 Å². The molecule has 2 aliphatic rings. The molecule has 1 saturated carbocycles. The number of halogens is 1. The molecule has 4 nitrogen and oxygen atoms in total. The number of hydrogen-bond acceptors (Lipinski definition) is 3. The molecule has 0 radical (unpaired) electrons. The van der Waals surface area contributed by atoms with Gasteiger partial charge in [-0.25, -0.2) is 0 Å². The third kappa shape index (κ3) is 6.43. The standard InChI is InChI=1S/C17H32N2O2.ClH/c18-11-6-14-21-16-9-12-19(13-10-16)17(20)15-7-4-2-1-3-5-8-15;/h15-16H,1-14,18H2;1H. The van der Waals surface area contributed by atoms with Crippen molar-refractivity contribution < 1.29 is 9.53 Å². The molecule has 0 bridgehead atoms. The average Bonchev–Trinajstić information content (AvgIpc) is 2.47. The molecule has 1 saturated heterocycles. The Bertz CT molecular complexity index is 299. The quantitative estimate of drug-likeness (QED) is 0.787. The highest BCUT2D eigenvalue weighted by atomic mass is 35.5. The number of carbonyl (C=O) groups excluding carboxylic acids is 1. The molecule has 130 valence electrons. The van der Waals surface area contributed by atoms with Gasteiger partial charge in [-0.2, -0.15) is 0 Å². The summed E-state index contributed by atoms with van der Waals surface area (Å²) in [6.07, 6.45) is 11.9. The van der Waals surface area contributed by atoms with Crippen molar-refractivity contribution in [2.24, 2.45) is 11.7 Å². The molecule has 2 N–H and O–H groups in total. The molecule has 0 aromatic carbocycles. The number of rotatable bonds is 5. The SMILES string of the molecule is Cl.NCCCOC1CCN(C(=O)C2CCCCCCC2)CC1. The number of carbonyl (C=O) groups is 1. The first-order valence-electron chi connectivity index (χ1n) is 8.91. The van der Waals surface area contributed by atoms with Gasteiger partial charge in [-0.15, -0.1) is 12.4 Å². The second kappa shape index (κ2) is 11.3. The van der Waals surface area contributed by atoms with Crippen LogP contribution in [0.25, 0.3) is 0 Å². The maximum atomic E-state index is 12.7. The second-order valence-corrected chi connectivity index (χ2v) is 6.58. The van der Waals surface area contributed by atoms with Crippen LogP contribution in [-0.2, 0) is 9.53 Å². The van der Waals surface area contributed by atoms with E-state index < -0.39 is 0 Å². The molecule has 0 aromatic heterocycles. The van der Waals surface area contributed by atoms with Crippen molar-refractivity contribution in [2.45, 2.75) is 70.3 Å². The van der Waals surface area contributed by atoms with E-state index >= 15 is 0 Å². The molecule has 5 heteroatoms. The Kier molecular flexibility index (Phi) is 10.1. The predicted molar refractivity (Wildman–Crippen MR) is 92.3 cm³/mol. The third-order valence-corrected chi connectivity index (χ3v) is 4.91. The molecule has 0 atom stereocenters.